The highest BCUT2D eigenvalue weighted by atomic mass is 32.2. The van der Waals surface area contributed by atoms with Crippen LogP contribution in [0.25, 0.3) is 0 Å². The monoisotopic (exact) mass is 327 g/mol. The van der Waals surface area contributed by atoms with Crippen LogP contribution in [0.4, 0.5) is 0 Å². The first kappa shape index (κ1) is 15.9. The lowest BCUT2D eigenvalue weighted by Crippen LogP contribution is -2.23. The Bertz CT molecular complexity index is 681. The molecule has 2 rings (SSSR count). The van der Waals surface area contributed by atoms with Crippen molar-refractivity contribution in [2.24, 2.45) is 5.73 Å². The molecule has 0 amide bonds. The molecule has 0 aliphatic rings. The van der Waals surface area contributed by atoms with E-state index in [0.29, 0.717) is 18.9 Å². The fourth-order valence-corrected chi connectivity index (χ4v) is 3.44. The summed E-state index contributed by atoms with van der Waals surface area (Å²) >= 11 is 1.43. The van der Waals surface area contributed by atoms with Crippen molar-refractivity contribution in [2.75, 3.05) is 13.2 Å². The Labute approximate surface area is 128 Å². The Morgan fingerprint density at radius 2 is 2.05 bits per heavy atom. The van der Waals surface area contributed by atoms with Crippen molar-refractivity contribution in [2.45, 2.75) is 18.4 Å². The molecule has 1 aromatic heterocycles. The van der Waals surface area contributed by atoms with Gasteiger partial charge in [0.25, 0.3) is 0 Å². The summed E-state index contributed by atoms with van der Waals surface area (Å²) in [5.41, 5.74) is 7.88. The fraction of sp³-hybridized carbons (Fsp3) is 0.308. The lowest BCUT2D eigenvalue weighted by Gasteiger charge is -2.08. The summed E-state index contributed by atoms with van der Waals surface area (Å²) in [4.78, 5) is 5.19. The molecule has 21 heavy (non-hydrogen) atoms. The molecule has 0 saturated carbocycles. The largest absolute Gasteiger partial charge is 0.492 e. The molecule has 0 radical (unpaired) electrons. The third kappa shape index (κ3) is 4.24. The van der Waals surface area contributed by atoms with E-state index in [1.54, 1.807) is 17.6 Å². The minimum absolute atomic E-state index is 0.199. The van der Waals surface area contributed by atoms with Crippen LogP contribution in [0.2, 0.25) is 0 Å². The molecular weight excluding hydrogens is 310 g/mol. The second-order valence-electron chi connectivity index (χ2n) is 4.29. The zero-order valence-corrected chi connectivity index (χ0v) is 13.2. The third-order valence-corrected chi connectivity index (χ3v) is 5.14. The van der Waals surface area contributed by atoms with E-state index in [9.17, 15) is 8.42 Å². The van der Waals surface area contributed by atoms with Crippen molar-refractivity contribution in [1.29, 1.82) is 0 Å². The fourth-order valence-electron chi connectivity index (χ4n) is 1.63. The molecule has 114 valence electrons. The van der Waals surface area contributed by atoms with E-state index < -0.39 is 10.0 Å². The molecule has 0 bridgehead atoms. The van der Waals surface area contributed by atoms with Gasteiger partial charge >= 0.3 is 0 Å². The van der Waals surface area contributed by atoms with E-state index >= 15 is 0 Å². The van der Waals surface area contributed by atoms with Gasteiger partial charge in [0, 0.05) is 18.0 Å². The van der Waals surface area contributed by atoms with Crippen LogP contribution in [0.5, 0.6) is 5.75 Å². The van der Waals surface area contributed by atoms with E-state index in [2.05, 4.69) is 9.71 Å². The summed E-state index contributed by atoms with van der Waals surface area (Å²) in [5, 5.41) is 0. The van der Waals surface area contributed by atoms with Crippen LogP contribution in [0.3, 0.4) is 0 Å². The number of nitrogens with two attached hydrogens (primary N) is 1. The van der Waals surface area contributed by atoms with Gasteiger partial charge in [0.15, 0.2) is 0 Å². The molecule has 0 unspecified atom stereocenters. The van der Waals surface area contributed by atoms with E-state index in [1.807, 2.05) is 6.92 Å². The van der Waals surface area contributed by atoms with Gasteiger partial charge < -0.3 is 10.5 Å². The van der Waals surface area contributed by atoms with Gasteiger partial charge in [-0.05, 0) is 31.2 Å². The topological polar surface area (TPSA) is 94.3 Å². The Balaban J connectivity index is 2.03. The van der Waals surface area contributed by atoms with Gasteiger partial charge in [-0.15, -0.1) is 11.3 Å². The summed E-state index contributed by atoms with van der Waals surface area (Å²) in [6.45, 7) is 2.90. The van der Waals surface area contributed by atoms with Gasteiger partial charge in [-0.2, -0.15) is 0 Å². The number of rotatable bonds is 7. The molecule has 0 aliphatic heterocycles. The molecule has 0 aliphatic carbocycles. The van der Waals surface area contributed by atoms with E-state index in [-0.39, 0.29) is 11.4 Å². The zero-order chi connectivity index (χ0) is 15.3. The average Bonchev–Trinajstić information content (AvgIpc) is 2.89. The van der Waals surface area contributed by atoms with Gasteiger partial charge in [-0.25, -0.2) is 18.1 Å². The summed E-state index contributed by atoms with van der Waals surface area (Å²) in [7, 11) is -3.54. The Morgan fingerprint density at radius 1 is 1.33 bits per heavy atom. The van der Waals surface area contributed by atoms with Crippen LogP contribution in [0.1, 0.15) is 10.6 Å². The first-order valence-corrected chi connectivity index (χ1v) is 8.71. The first-order chi connectivity index (χ1) is 10.0. The molecular formula is C13H17N3O3S2. The molecule has 0 atom stereocenters. The summed E-state index contributed by atoms with van der Waals surface area (Å²) in [5.74, 6) is 0.595. The number of hydrogen-bond acceptors (Lipinski definition) is 6. The van der Waals surface area contributed by atoms with Crippen LogP contribution in [-0.2, 0) is 16.6 Å². The number of aromatic nitrogens is 1. The Kier molecular flexibility index (Phi) is 5.29. The predicted octanol–water partition coefficient (Wildman–Crippen LogP) is 1.27. The van der Waals surface area contributed by atoms with Crippen LogP contribution in [-0.4, -0.2) is 26.6 Å². The quantitative estimate of drug-likeness (QED) is 0.798. The SMILES string of the molecule is Cc1ncsc1CNS(=O)(=O)c1ccc(OCCN)cc1. The molecule has 8 heteroatoms. The second kappa shape index (κ2) is 6.99. The Hall–Kier alpha value is -1.48. The van der Waals surface area contributed by atoms with E-state index in [0.717, 1.165) is 10.6 Å². The number of thiazole rings is 1. The van der Waals surface area contributed by atoms with E-state index in [4.69, 9.17) is 10.5 Å². The molecule has 6 nitrogen and oxygen atoms in total. The number of sulfonamides is 1. The van der Waals surface area contributed by atoms with Crippen LogP contribution in [0, 0.1) is 6.92 Å². The second-order valence-corrected chi connectivity index (χ2v) is 7.00. The minimum atomic E-state index is -3.54. The number of aryl methyl sites for hydroxylation is 1. The lowest BCUT2D eigenvalue weighted by molar-refractivity contribution is 0.328. The molecule has 1 heterocycles. The van der Waals surface area contributed by atoms with Crippen LogP contribution >= 0.6 is 11.3 Å². The molecule has 0 spiro atoms. The van der Waals surface area contributed by atoms with Gasteiger partial charge in [0.2, 0.25) is 10.0 Å². The normalized spacial score (nSPS) is 11.5. The maximum absolute atomic E-state index is 12.2. The molecule has 0 saturated heterocycles. The summed E-state index contributed by atoms with van der Waals surface area (Å²) < 4.78 is 32.2. The predicted molar refractivity (Wildman–Crippen MR) is 81.9 cm³/mol. The van der Waals surface area contributed by atoms with Crippen molar-refractivity contribution in [3.05, 3.63) is 40.3 Å². The third-order valence-electron chi connectivity index (χ3n) is 2.79. The maximum Gasteiger partial charge on any atom is 0.240 e. The molecule has 0 fully saturated rings. The number of ether oxygens (including phenoxy) is 1. The molecule has 1 aromatic carbocycles. The number of nitrogens with zero attached hydrogens (tertiary/aromatic N) is 1. The minimum Gasteiger partial charge on any atom is -0.492 e. The van der Waals surface area contributed by atoms with Crippen molar-refractivity contribution in [3.8, 4) is 5.75 Å². The van der Waals surface area contributed by atoms with Crippen LogP contribution < -0.4 is 15.2 Å². The lowest BCUT2D eigenvalue weighted by atomic mass is 10.3. The molecule has 3 N–H and O–H groups in total. The number of nitrogens with one attached hydrogen (secondary N) is 1. The zero-order valence-electron chi connectivity index (χ0n) is 11.6. The molecule has 2 aromatic rings. The maximum atomic E-state index is 12.2. The Morgan fingerprint density at radius 3 is 2.62 bits per heavy atom. The average molecular weight is 327 g/mol. The van der Waals surface area contributed by atoms with Crippen molar-refractivity contribution < 1.29 is 13.2 Å². The van der Waals surface area contributed by atoms with Crippen molar-refractivity contribution in [3.63, 3.8) is 0 Å². The van der Waals surface area contributed by atoms with Gasteiger partial charge in [-0.3, -0.25) is 0 Å². The highest BCUT2D eigenvalue weighted by Gasteiger charge is 2.14. The van der Waals surface area contributed by atoms with Crippen molar-refractivity contribution in [1.82, 2.24) is 9.71 Å². The summed E-state index contributed by atoms with van der Waals surface area (Å²) in [6.07, 6.45) is 0. The van der Waals surface area contributed by atoms with Gasteiger partial charge in [0.1, 0.15) is 12.4 Å². The van der Waals surface area contributed by atoms with Crippen LogP contribution in [0.15, 0.2) is 34.7 Å². The standard InChI is InChI=1S/C13H17N3O3S2/c1-10-13(20-9-15-10)8-16-21(17,18)12-4-2-11(3-5-12)19-7-6-14/h2-5,9,16H,6-8,14H2,1H3. The number of hydrogen-bond donors (Lipinski definition) is 2. The van der Waals surface area contributed by atoms with Gasteiger partial charge in [0.05, 0.1) is 16.1 Å². The first-order valence-electron chi connectivity index (χ1n) is 6.34. The van der Waals surface area contributed by atoms with Gasteiger partial charge in [-0.1, -0.05) is 0 Å². The smallest absolute Gasteiger partial charge is 0.240 e. The highest BCUT2D eigenvalue weighted by molar-refractivity contribution is 7.89. The summed E-state index contributed by atoms with van der Waals surface area (Å²) in [6, 6.07) is 6.24. The van der Waals surface area contributed by atoms with E-state index in [1.165, 1.54) is 23.5 Å². The highest BCUT2D eigenvalue weighted by Crippen LogP contribution is 2.17. The number of benzene rings is 1. The van der Waals surface area contributed by atoms with Crippen molar-refractivity contribution >= 4 is 21.4 Å².